The van der Waals surface area contributed by atoms with Crippen LogP contribution in [-0.2, 0) is 0 Å². The van der Waals surface area contributed by atoms with Crippen LogP contribution in [0.25, 0.3) is 0 Å². The average molecular weight is 285 g/mol. The summed E-state index contributed by atoms with van der Waals surface area (Å²) in [6.45, 7) is 0. The van der Waals surface area contributed by atoms with E-state index in [2.05, 4.69) is 25.6 Å². The number of aromatic nitrogens is 5. The molecular weight excluding hydrogens is 276 g/mol. The predicted molar refractivity (Wildman–Crippen MR) is 68.4 cm³/mol. The van der Waals surface area contributed by atoms with E-state index in [1.165, 1.54) is 0 Å². The number of anilines is 4. The van der Waals surface area contributed by atoms with E-state index in [1.54, 1.807) is 0 Å². The molecule has 0 aliphatic carbocycles. The third-order valence-electron chi connectivity index (χ3n) is 2.05. The lowest BCUT2D eigenvalue weighted by Crippen LogP contribution is -2.27. The van der Waals surface area contributed by atoms with Gasteiger partial charge in [0.05, 0.1) is 0 Å². The summed E-state index contributed by atoms with van der Waals surface area (Å²) >= 11 is 5.66. The van der Waals surface area contributed by atoms with Crippen molar-refractivity contribution in [1.29, 1.82) is 0 Å². The normalized spacial score (nSPS) is 10.4. The largest absolute Gasteiger partial charge is 0.382 e. The number of nitrogens with zero attached hydrogens (tertiary/aromatic N) is 5. The topological polar surface area (TPSA) is 190 Å². The van der Waals surface area contributed by atoms with Crippen LogP contribution in [0.5, 0.6) is 0 Å². The molecule has 0 fully saturated rings. The Balaban J connectivity index is 2.33. The minimum absolute atomic E-state index is 0.0842. The highest BCUT2D eigenvalue weighted by atomic mass is 35.5. The Bertz CT molecular complexity index is 632. The molecule has 2 heterocycles. The summed E-state index contributed by atoms with van der Waals surface area (Å²) in [5.74, 6) is -1.24. The van der Waals surface area contributed by atoms with Gasteiger partial charge in [-0.15, -0.1) is 10.2 Å². The fraction of sp³-hybridized carbons (Fsp3) is 0. The number of hydrogen-bond donors (Lipinski definition) is 5. The summed E-state index contributed by atoms with van der Waals surface area (Å²) in [4.78, 5) is 19.3. The Morgan fingerprint density at radius 2 is 1.63 bits per heavy atom. The summed E-state index contributed by atoms with van der Waals surface area (Å²) in [5, 5.41) is 6.76. The number of carbonyl (C=O) groups is 1. The van der Waals surface area contributed by atoms with Gasteiger partial charge < -0.3 is 22.9 Å². The molecule has 1 amide bonds. The Labute approximate surface area is 110 Å². The minimum Gasteiger partial charge on any atom is -0.382 e. The molecule has 0 aliphatic rings. The van der Waals surface area contributed by atoms with Gasteiger partial charge in [-0.1, -0.05) is 11.6 Å². The highest BCUT2D eigenvalue weighted by molar-refractivity contribution is 6.31. The maximum Gasteiger partial charge on any atom is 0.292 e. The van der Waals surface area contributed by atoms with Crippen molar-refractivity contribution in [3.63, 3.8) is 0 Å². The van der Waals surface area contributed by atoms with Gasteiger partial charge in [0, 0.05) is 0 Å². The third kappa shape index (κ3) is 2.26. The van der Waals surface area contributed by atoms with Crippen LogP contribution < -0.4 is 28.4 Å². The third-order valence-corrected chi connectivity index (χ3v) is 2.32. The number of carbonyl (C=O) groups excluding carboxylic acids is 1. The summed E-state index contributed by atoms with van der Waals surface area (Å²) in [6.07, 6.45) is 0. The van der Waals surface area contributed by atoms with E-state index < -0.39 is 5.91 Å². The smallest absolute Gasteiger partial charge is 0.292 e. The van der Waals surface area contributed by atoms with Gasteiger partial charge in [-0.25, -0.2) is 9.97 Å². The molecule has 2 aromatic heterocycles. The van der Waals surface area contributed by atoms with Gasteiger partial charge in [0.15, 0.2) is 22.5 Å². The van der Waals surface area contributed by atoms with Crippen LogP contribution in [-0.4, -0.2) is 30.7 Å². The highest BCUT2D eigenvalue weighted by Gasteiger charge is 2.18. The first-order chi connectivity index (χ1) is 8.90. The lowest BCUT2D eigenvalue weighted by Gasteiger charge is -2.09. The zero-order valence-corrected chi connectivity index (χ0v) is 10.1. The van der Waals surface area contributed by atoms with Gasteiger partial charge in [0.2, 0.25) is 11.9 Å². The number of rotatable bonds is 2. The Morgan fingerprint density at radius 3 is 2.21 bits per heavy atom. The van der Waals surface area contributed by atoms with E-state index in [4.69, 9.17) is 34.5 Å². The van der Waals surface area contributed by atoms with Crippen LogP contribution in [0, 0.1) is 0 Å². The second-order valence-electron chi connectivity index (χ2n) is 3.33. The van der Waals surface area contributed by atoms with Crippen molar-refractivity contribution in [3.05, 3.63) is 10.8 Å². The van der Waals surface area contributed by atoms with Crippen LogP contribution >= 0.6 is 11.6 Å². The maximum atomic E-state index is 11.9. The zero-order valence-electron chi connectivity index (χ0n) is 9.33. The van der Waals surface area contributed by atoms with Gasteiger partial charge >= 0.3 is 0 Å². The Morgan fingerprint density at radius 1 is 1.05 bits per heavy atom. The summed E-state index contributed by atoms with van der Waals surface area (Å²) in [7, 11) is 0. The summed E-state index contributed by atoms with van der Waals surface area (Å²) in [6, 6.07) is 0. The molecule has 0 saturated carbocycles. The molecule has 11 nitrogen and oxygen atoms in total. The first-order valence-corrected chi connectivity index (χ1v) is 5.14. The lowest BCUT2D eigenvalue weighted by atomic mass is 10.4. The average Bonchev–Trinajstić information content (AvgIpc) is 2.65. The van der Waals surface area contributed by atoms with Crippen molar-refractivity contribution in [2.75, 3.05) is 28.4 Å². The molecule has 12 heteroatoms. The van der Waals surface area contributed by atoms with Gasteiger partial charge in [-0.2, -0.15) is 4.68 Å². The second-order valence-corrected chi connectivity index (χ2v) is 3.68. The molecular formula is C7H9ClN10O. The number of halogens is 1. The molecule has 0 radical (unpaired) electrons. The van der Waals surface area contributed by atoms with Crippen LogP contribution in [0.15, 0.2) is 0 Å². The monoisotopic (exact) mass is 284 g/mol. The molecule has 0 atom stereocenters. The first-order valence-electron chi connectivity index (χ1n) is 4.76. The zero-order chi connectivity index (χ0) is 14.2. The van der Waals surface area contributed by atoms with Crippen molar-refractivity contribution in [2.45, 2.75) is 0 Å². The van der Waals surface area contributed by atoms with Crippen LogP contribution in [0.4, 0.5) is 23.5 Å². The van der Waals surface area contributed by atoms with Gasteiger partial charge in [0.25, 0.3) is 5.91 Å². The lowest BCUT2D eigenvalue weighted by molar-refractivity contribution is 0.100. The molecule has 0 spiro atoms. The Kier molecular flexibility index (Phi) is 2.96. The molecule has 0 aromatic carbocycles. The van der Waals surface area contributed by atoms with Crippen LogP contribution in [0.1, 0.15) is 10.5 Å². The van der Waals surface area contributed by atoms with Gasteiger partial charge in [-0.05, 0) is 0 Å². The molecule has 0 bridgehead atoms. The number of nitrogens with two attached hydrogens (primary N) is 4. The van der Waals surface area contributed by atoms with E-state index in [0.717, 1.165) is 4.68 Å². The van der Waals surface area contributed by atoms with E-state index in [9.17, 15) is 4.79 Å². The number of amides is 1. The quantitative estimate of drug-likeness (QED) is 0.433. The second kappa shape index (κ2) is 4.45. The standard InChI is InChI=1S/C7H9ClN10O/c8-2-4(10)14-3(9)1(13-2)5(19)17-18-6(11)15-16-7(18)12/h(H2,11,15)(H2,12,16)(H,17,19)(H4,9,10,14). The molecule has 2 aromatic rings. The van der Waals surface area contributed by atoms with Crippen molar-refractivity contribution in [3.8, 4) is 0 Å². The molecule has 100 valence electrons. The summed E-state index contributed by atoms with van der Waals surface area (Å²) in [5.41, 5.74) is 23.8. The number of nitrogens with one attached hydrogen (secondary N) is 1. The van der Waals surface area contributed by atoms with E-state index in [1.807, 2.05) is 0 Å². The molecule has 2 rings (SSSR count). The van der Waals surface area contributed by atoms with Crippen molar-refractivity contribution < 1.29 is 4.79 Å². The fourth-order valence-corrected chi connectivity index (χ4v) is 1.31. The SMILES string of the molecule is Nc1nc(N)c(C(=O)Nn2c(N)nnc2N)nc1Cl. The van der Waals surface area contributed by atoms with E-state index in [-0.39, 0.29) is 34.4 Å². The Hall–Kier alpha value is -2.82. The number of hydrogen-bond acceptors (Lipinski definition) is 9. The van der Waals surface area contributed by atoms with Crippen molar-refractivity contribution in [2.24, 2.45) is 0 Å². The first kappa shape index (κ1) is 12.6. The predicted octanol–water partition coefficient (Wildman–Crippen LogP) is -1.57. The molecule has 9 N–H and O–H groups in total. The molecule has 0 unspecified atom stereocenters. The maximum absolute atomic E-state index is 11.9. The molecule has 19 heavy (non-hydrogen) atoms. The fourth-order valence-electron chi connectivity index (χ4n) is 1.19. The molecule has 0 aliphatic heterocycles. The van der Waals surface area contributed by atoms with E-state index >= 15 is 0 Å². The van der Waals surface area contributed by atoms with Crippen molar-refractivity contribution >= 4 is 41.0 Å². The van der Waals surface area contributed by atoms with Crippen LogP contribution in [0.2, 0.25) is 5.15 Å². The minimum atomic E-state index is -0.745. The van der Waals surface area contributed by atoms with Crippen LogP contribution in [0.3, 0.4) is 0 Å². The number of nitrogen functional groups attached to an aromatic ring is 4. The van der Waals surface area contributed by atoms with E-state index in [0.29, 0.717) is 0 Å². The van der Waals surface area contributed by atoms with Crippen molar-refractivity contribution in [1.82, 2.24) is 24.8 Å². The van der Waals surface area contributed by atoms with Gasteiger partial charge in [0.1, 0.15) is 0 Å². The molecule has 0 saturated heterocycles. The summed E-state index contributed by atoms with van der Waals surface area (Å²) < 4.78 is 0.952. The highest BCUT2D eigenvalue weighted by Crippen LogP contribution is 2.17. The van der Waals surface area contributed by atoms with Gasteiger partial charge in [-0.3, -0.25) is 10.2 Å².